The fourth-order valence-electron chi connectivity index (χ4n) is 4.11. The van der Waals surface area contributed by atoms with Gasteiger partial charge < -0.3 is 4.98 Å². The van der Waals surface area contributed by atoms with Gasteiger partial charge in [0.1, 0.15) is 0 Å². The average molecular weight is 383 g/mol. The van der Waals surface area contributed by atoms with Crippen molar-refractivity contribution in [3.63, 3.8) is 0 Å². The molecule has 0 amide bonds. The molecular formula is C22H26N2O2S. The molecule has 1 aliphatic heterocycles. The Kier molecular flexibility index (Phi) is 5.32. The second-order valence-corrected chi connectivity index (χ2v) is 9.46. The number of aromatic nitrogens is 1. The molecule has 4 rings (SSSR count). The van der Waals surface area contributed by atoms with Gasteiger partial charge in [0, 0.05) is 30.2 Å². The number of nitrogens with one attached hydrogen (secondary N) is 1. The van der Waals surface area contributed by atoms with Crippen LogP contribution in [0.1, 0.15) is 36.3 Å². The molecule has 2 aromatic carbocycles. The highest BCUT2D eigenvalue weighted by atomic mass is 32.2. The molecule has 142 valence electrons. The lowest BCUT2D eigenvalue weighted by Crippen LogP contribution is -2.39. The number of aryl methyl sites for hydroxylation is 1. The van der Waals surface area contributed by atoms with E-state index in [2.05, 4.69) is 41.5 Å². The molecule has 0 saturated carbocycles. The van der Waals surface area contributed by atoms with Crippen LogP contribution in [0.25, 0.3) is 10.9 Å². The highest BCUT2D eigenvalue weighted by Gasteiger charge is 2.29. The Morgan fingerprint density at radius 2 is 1.67 bits per heavy atom. The molecule has 0 bridgehead atoms. The first-order valence-electron chi connectivity index (χ1n) is 9.71. The second-order valence-electron chi connectivity index (χ2n) is 7.37. The van der Waals surface area contributed by atoms with Crippen molar-refractivity contribution >= 4 is 20.9 Å². The molecule has 0 radical (unpaired) electrons. The van der Waals surface area contributed by atoms with Gasteiger partial charge >= 0.3 is 0 Å². The Hall–Kier alpha value is -2.11. The van der Waals surface area contributed by atoms with Crippen molar-refractivity contribution in [3.8, 4) is 0 Å². The normalized spacial score (nSPS) is 16.7. The van der Waals surface area contributed by atoms with E-state index in [0.717, 1.165) is 24.8 Å². The van der Waals surface area contributed by atoms with Gasteiger partial charge in [0.05, 0.1) is 5.75 Å². The van der Waals surface area contributed by atoms with Gasteiger partial charge in [-0.1, -0.05) is 48.5 Å². The van der Waals surface area contributed by atoms with Crippen LogP contribution in [0.3, 0.4) is 0 Å². The zero-order chi connectivity index (χ0) is 18.7. The monoisotopic (exact) mass is 382 g/mol. The molecule has 1 saturated heterocycles. The van der Waals surface area contributed by atoms with Crippen LogP contribution < -0.4 is 0 Å². The minimum absolute atomic E-state index is 0.236. The Morgan fingerprint density at radius 1 is 0.963 bits per heavy atom. The number of rotatable bonds is 6. The summed E-state index contributed by atoms with van der Waals surface area (Å²) in [5.74, 6) is 0.663. The van der Waals surface area contributed by atoms with Crippen LogP contribution in [0, 0.1) is 0 Å². The Labute approximate surface area is 161 Å². The van der Waals surface area contributed by atoms with Gasteiger partial charge in [-0.15, -0.1) is 0 Å². The number of hydrogen-bond acceptors (Lipinski definition) is 2. The van der Waals surface area contributed by atoms with Crippen LogP contribution in [0.15, 0.2) is 60.8 Å². The van der Waals surface area contributed by atoms with Crippen molar-refractivity contribution in [2.45, 2.75) is 31.6 Å². The molecule has 2 heterocycles. The topological polar surface area (TPSA) is 53.2 Å². The van der Waals surface area contributed by atoms with Crippen molar-refractivity contribution in [2.75, 3.05) is 18.8 Å². The number of aromatic amines is 1. The zero-order valence-electron chi connectivity index (χ0n) is 15.5. The maximum atomic E-state index is 12.7. The van der Waals surface area contributed by atoms with E-state index in [0.29, 0.717) is 25.4 Å². The zero-order valence-corrected chi connectivity index (χ0v) is 16.3. The number of H-pyrrole nitrogens is 1. The third-order valence-corrected chi connectivity index (χ3v) is 7.58. The van der Waals surface area contributed by atoms with Crippen molar-refractivity contribution in [2.24, 2.45) is 0 Å². The van der Waals surface area contributed by atoms with E-state index in [1.807, 2.05) is 24.3 Å². The van der Waals surface area contributed by atoms with Crippen LogP contribution in [0.5, 0.6) is 0 Å². The second kappa shape index (κ2) is 7.87. The van der Waals surface area contributed by atoms with Crippen molar-refractivity contribution in [1.82, 2.24) is 9.29 Å². The summed E-state index contributed by atoms with van der Waals surface area (Å²) in [5.41, 5.74) is 3.68. The molecule has 0 spiro atoms. The number of para-hydroxylation sites is 1. The van der Waals surface area contributed by atoms with Gasteiger partial charge in [-0.3, -0.25) is 0 Å². The largest absolute Gasteiger partial charge is 0.361 e. The van der Waals surface area contributed by atoms with E-state index in [9.17, 15) is 8.42 Å². The molecule has 1 N–H and O–H groups in total. The molecule has 27 heavy (non-hydrogen) atoms. The predicted molar refractivity (Wildman–Crippen MR) is 110 cm³/mol. The fourth-order valence-corrected chi connectivity index (χ4v) is 5.64. The third-order valence-electron chi connectivity index (χ3n) is 5.62. The van der Waals surface area contributed by atoms with Gasteiger partial charge in [0.15, 0.2) is 0 Å². The van der Waals surface area contributed by atoms with E-state index in [4.69, 9.17) is 0 Å². The van der Waals surface area contributed by atoms with Crippen LogP contribution in [0.2, 0.25) is 0 Å². The summed E-state index contributed by atoms with van der Waals surface area (Å²) in [4.78, 5) is 3.34. The standard InChI is InChI=1S/C22H26N2O2S/c25-27(26,16-6-9-18-7-2-1-3-8-18)24-14-12-19(13-15-24)21-17-23-22-11-5-4-10-20(21)22/h1-5,7-8,10-11,17,19,23H,6,9,12-16H2. The molecule has 3 aromatic rings. The van der Waals surface area contributed by atoms with Gasteiger partial charge in [0.25, 0.3) is 0 Å². The highest BCUT2D eigenvalue weighted by Crippen LogP contribution is 2.33. The quantitative estimate of drug-likeness (QED) is 0.691. The summed E-state index contributed by atoms with van der Waals surface area (Å²) in [6.45, 7) is 1.25. The number of benzene rings is 2. The summed E-state index contributed by atoms with van der Waals surface area (Å²) < 4.78 is 27.1. The average Bonchev–Trinajstić information content (AvgIpc) is 3.13. The van der Waals surface area contributed by atoms with E-state index < -0.39 is 10.0 Å². The SMILES string of the molecule is O=S(=O)(CCCc1ccccc1)N1CCC(c2c[nH]c3ccccc23)CC1. The van der Waals surface area contributed by atoms with Crippen LogP contribution in [-0.4, -0.2) is 36.5 Å². The number of nitrogens with zero attached hydrogens (tertiary/aromatic N) is 1. The van der Waals surface area contributed by atoms with E-state index in [1.54, 1.807) is 4.31 Å². The lowest BCUT2D eigenvalue weighted by molar-refractivity contribution is 0.320. The lowest BCUT2D eigenvalue weighted by atomic mass is 9.90. The maximum absolute atomic E-state index is 12.7. The van der Waals surface area contributed by atoms with Crippen molar-refractivity contribution in [3.05, 3.63) is 71.9 Å². The number of hydrogen-bond donors (Lipinski definition) is 1. The number of piperidine rings is 1. The van der Waals surface area contributed by atoms with Gasteiger partial charge in [-0.05, 0) is 48.8 Å². The summed E-state index contributed by atoms with van der Waals surface area (Å²) in [5, 5.41) is 1.27. The fraction of sp³-hybridized carbons (Fsp3) is 0.364. The smallest absolute Gasteiger partial charge is 0.214 e. The molecule has 4 nitrogen and oxygen atoms in total. The highest BCUT2D eigenvalue weighted by molar-refractivity contribution is 7.89. The van der Waals surface area contributed by atoms with E-state index >= 15 is 0 Å². The van der Waals surface area contributed by atoms with Gasteiger partial charge in [-0.25, -0.2) is 12.7 Å². The minimum Gasteiger partial charge on any atom is -0.361 e. The van der Waals surface area contributed by atoms with E-state index in [-0.39, 0.29) is 5.75 Å². The molecule has 1 aromatic heterocycles. The van der Waals surface area contributed by atoms with Crippen LogP contribution >= 0.6 is 0 Å². The molecule has 0 unspecified atom stereocenters. The molecule has 1 fully saturated rings. The Bertz CT molecular complexity index is 987. The Balaban J connectivity index is 1.34. The van der Waals surface area contributed by atoms with Crippen molar-refractivity contribution in [1.29, 1.82) is 0 Å². The van der Waals surface area contributed by atoms with Crippen molar-refractivity contribution < 1.29 is 8.42 Å². The Morgan fingerprint density at radius 3 is 2.44 bits per heavy atom. The summed E-state index contributed by atoms with van der Waals surface area (Å²) in [6.07, 6.45) is 5.36. The first kappa shape index (κ1) is 18.3. The molecule has 0 aliphatic carbocycles. The minimum atomic E-state index is -3.16. The first-order chi connectivity index (χ1) is 13.1. The molecule has 1 aliphatic rings. The summed E-state index contributed by atoms with van der Waals surface area (Å²) >= 11 is 0. The molecule has 0 atom stereocenters. The number of sulfonamides is 1. The first-order valence-corrected chi connectivity index (χ1v) is 11.3. The van der Waals surface area contributed by atoms with Crippen LogP contribution in [-0.2, 0) is 16.4 Å². The van der Waals surface area contributed by atoms with Gasteiger partial charge in [-0.2, -0.15) is 0 Å². The third kappa shape index (κ3) is 4.09. The molecular weight excluding hydrogens is 356 g/mol. The van der Waals surface area contributed by atoms with E-state index in [1.165, 1.54) is 16.5 Å². The summed E-state index contributed by atoms with van der Waals surface area (Å²) in [6, 6.07) is 18.4. The molecule has 5 heteroatoms. The predicted octanol–water partition coefficient (Wildman–Crippen LogP) is 4.31. The van der Waals surface area contributed by atoms with Crippen LogP contribution in [0.4, 0.5) is 0 Å². The maximum Gasteiger partial charge on any atom is 0.214 e. The number of fused-ring (bicyclic) bond motifs is 1. The van der Waals surface area contributed by atoms with Gasteiger partial charge in [0.2, 0.25) is 10.0 Å². The lowest BCUT2D eigenvalue weighted by Gasteiger charge is -2.31. The summed E-state index contributed by atoms with van der Waals surface area (Å²) in [7, 11) is -3.16.